The molecule has 2 amide bonds. The Labute approximate surface area is 464 Å². The molecule has 6 aromatic rings. The number of hydrogen-bond donors (Lipinski definition) is 12. The second kappa shape index (κ2) is 29.9. The van der Waals surface area contributed by atoms with E-state index in [0.717, 1.165) is 64.2 Å². The summed E-state index contributed by atoms with van der Waals surface area (Å²) in [6, 6.07) is 20.9. The first kappa shape index (κ1) is 61.3. The molecule has 6 rings (SSSR count). The van der Waals surface area contributed by atoms with Crippen molar-refractivity contribution in [2.24, 2.45) is 0 Å². The van der Waals surface area contributed by atoms with E-state index in [1.54, 1.807) is 48.5 Å². The average Bonchev–Trinajstić information content (AvgIpc) is 3.46. The normalized spacial score (nSPS) is 11.7. The van der Waals surface area contributed by atoms with E-state index in [-0.39, 0.29) is 96.3 Å². The van der Waals surface area contributed by atoms with Crippen LogP contribution < -0.4 is 42.5 Å². The predicted molar refractivity (Wildman–Crippen MR) is 308 cm³/mol. The topological polar surface area (TPSA) is 363 Å². The Bertz CT molecular complexity index is 3060. The summed E-state index contributed by atoms with van der Waals surface area (Å²) in [6.07, 6.45) is 4.05. The molecule has 0 saturated carbocycles. The SMILES string of the molecule is CCN(CC)CCCNc1nc(Nc2ccc(C(=O)NCCO)cc2)nc(Nc2ccc(/C=C/c3ccc(Nc4nc(NCCCN(CC)CC)nc(Nc5ccc(C(=O)NCCO)cc5)n4)cc3S(=O)(=O)O)c(S(=O)(=O)O)c2)n1. The summed E-state index contributed by atoms with van der Waals surface area (Å²) >= 11 is 0. The van der Waals surface area contributed by atoms with Gasteiger partial charge in [-0.3, -0.25) is 18.7 Å². The van der Waals surface area contributed by atoms with Gasteiger partial charge in [0.1, 0.15) is 9.79 Å². The maximum absolute atomic E-state index is 12.9. The maximum Gasteiger partial charge on any atom is 0.295 e. The van der Waals surface area contributed by atoms with Crippen LogP contribution in [0.1, 0.15) is 72.4 Å². The summed E-state index contributed by atoms with van der Waals surface area (Å²) in [5.74, 6) is -0.198. The Hall–Kier alpha value is -7.96. The van der Waals surface area contributed by atoms with Crippen LogP contribution in [-0.4, -0.2) is 166 Å². The molecule has 0 fully saturated rings. The van der Waals surface area contributed by atoms with Gasteiger partial charge >= 0.3 is 0 Å². The first-order valence-corrected chi connectivity index (χ1v) is 28.7. The number of nitrogens with zero attached hydrogens (tertiary/aromatic N) is 8. The van der Waals surface area contributed by atoms with Crippen LogP contribution in [-0.2, 0) is 20.2 Å². The number of anilines is 10. The van der Waals surface area contributed by atoms with Crippen molar-refractivity contribution in [2.45, 2.75) is 50.3 Å². The van der Waals surface area contributed by atoms with E-state index in [4.69, 9.17) is 10.2 Å². The summed E-state index contributed by atoms with van der Waals surface area (Å²) in [5, 5.41) is 41.9. The van der Waals surface area contributed by atoms with E-state index in [2.05, 4.69) is 110 Å². The van der Waals surface area contributed by atoms with Gasteiger partial charge in [-0.2, -0.15) is 46.7 Å². The number of carbonyl (C=O) groups is 2. The molecule has 80 heavy (non-hydrogen) atoms. The van der Waals surface area contributed by atoms with Gasteiger partial charge in [-0.15, -0.1) is 0 Å². The van der Waals surface area contributed by atoms with Crippen LogP contribution in [0, 0.1) is 0 Å². The van der Waals surface area contributed by atoms with Gasteiger partial charge in [0.15, 0.2) is 0 Å². The highest BCUT2D eigenvalue weighted by molar-refractivity contribution is 7.86. The third-order valence-corrected chi connectivity index (χ3v) is 13.9. The molecule has 0 radical (unpaired) electrons. The van der Waals surface area contributed by atoms with E-state index in [1.807, 2.05) is 0 Å². The molecule has 0 saturated heterocycles. The summed E-state index contributed by atoms with van der Waals surface area (Å²) in [5.41, 5.74) is 1.95. The lowest BCUT2D eigenvalue weighted by atomic mass is 10.1. The van der Waals surface area contributed by atoms with Crippen LogP contribution in [0.15, 0.2) is 94.7 Å². The smallest absolute Gasteiger partial charge is 0.295 e. The summed E-state index contributed by atoms with van der Waals surface area (Å²) < 4.78 is 72.6. The van der Waals surface area contributed by atoms with E-state index >= 15 is 0 Å². The number of aromatic nitrogens is 6. The third-order valence-electron chi connectivity index (χ3n) is 12.1. The lowest BCUT2D eigenvalue weighted by molar-refractivity contribution is 0.0937. The number of benzene rings is 4. The lowest BCUT2D eigenvalue weighted by Gasteiger charge is -2.18. The number of nitrogens with one attached hydrogen (secondary N) is 8. The number of amides is 2. The fourth-order valence-electron chi connectivity index (χ4n) is 7.81. The molecule has 2 heterocycles. The van der Waals surface area contributed by atoms with E-state index < -0.39 is 30.0 Å². The second-order valence-electron chi connectivity index (χ2n) is 17.6. The molecule has 0 spiro atoms. The maximum atomic E-state index is 12.9. The van der Waals surface area contributed by atoms with E-state index in [1.165, 1.54) is 36.4 Å². The van der Waals surface area contributed by atoms with E-state index in [9.17, 15) is 35.5 Å². The fourth-order valence-corrected chi connectivity index (χ4v) is 9.23. The van der Waals surface area contributed by atoms with Gasteiger partial charge in [0.25, 0.3) is 32.1 Å². The van der Waals surface area contributed by atoms with Gasteiger partial charge in [-0.1, -0.05) is 52.0 Å². The number of aliphatic hydroxyl groups is 2. The molecule has 12 N–H and O–H groups in total. The van der Waals surface area contributed by atoms with Crippen LogP contribution in [0.2, 0.25) is 0 Å². The van der Waals surface area contributed by atoms with Gasteiger partial charge in [-0.05, 0) is 136 Å². The molecule has 26 nitrogen and oxygen atoms in total. The number of aliphatic hydroxyl groups excluding tert-OH is 2. The van der Waals surface area contributed by atoms with Gasteiger partial charge in [0, 0.05) is 60.1 Å². The quantitative estimate of drug-likeness (QED) is 0.0142. The highest BCUT2D eigenvalue weighted by Gasteiger charge is 2.20. The Balaban J connectivity index is 1.25. The standard InChI is InChI=1S/C52H68N16O10S2/c1-5-67(6-2)29-9-25-55-47-61-49(57-39-19-15-37(16-20-39)45(71)53-27-31-69)65-51(63-47)59-41-23-13-35(43(33-41)79(73,74)75)11-12-36-14-24-42(34-44(36)80(76,77)78)60-52-64-48(56-26-10-30-68(7-3)8-4)62-50(66-52)58-40-21-17-38(18-22-40)46(72)54-28-32-70/h11-24,33-34,69-70H,5-10,25-32H2,1-4H3,(H,53,71)(H,54,72)(H,73,74,75)(H,76,77,78)(H3,55,57,59,61,63,65)(H3,56,58,60,62,64,66)/b12-11+. The first-order valence-electron chi connectivity index (χ1n) is 25.8. The molecule has 0 aliphatic carbocycles. The third kappa shape index (κ3) is 18.9. The van der Waals surface area contributed by atoms with Gasteiger partial charge in [0.2, 0.25) is 35.7 Å². The highest BCUT2D eigenvalue weighted by Crippen LogP contribution is 2.29. The summed E-state index contributed by atoms with van der Waals surface area (Å²) in [6.45, 7) is 14.4. The molecule has 4 aromatic carbocycles. The van der Waals surface area contributed by atoms with Crippen LogP contribution in [0.3, 0.4) is 0 Å². The number of hydrogen-bond acceptors (Lipinski definition) is 22. The van der Waals surface area contributed by atoms with Crippen molar-refractivity contribution in [1.29, 1.82) is 0 Å². The molecule has 428 valence electrons. The summed E-state index contributed by atoms with van der Waals surface area (Å²) in [4.78, 5) is 55.2. The average molecular weight is 1140 g/mol. The van der Waals surface area contributed by atoms with Crippen LogP contribution >= 0.6 is 0 Å². The molecular weight excluding hydrogens is 1070 g/mol. The van der Waals surface area contributed by atoms with E-state index in [0.29, 0.717) is 35.6 Å². The van der Waals surface area contributed by atoms with Crippen molar-refractivity contribution in [2.75, 3.05) is 111 Å². The van der Waals surface area contributed by atoms with Crippen LogP contribution in [0.25, 0.3) is 12.2 Å². The Morgan fingerprint density at radius 2 is 0.775 bits per heavy atom. The van der Waals surface area contributed by atoms with Crippen molar-refractivity contribution in [3.63, 3.8) is 0 Å². The Morgan fingerprint density at radius 3 is 1.09 bits per heavy atom. The monoisotopic (exact) mass is 1140 g/mol. The Kier molecular flexibility index (Phi) is 22.9. The molecule has 0 aliphatic rings. The molecule has 0 unspecified atom stereocenters. The zero-order valence-electron chi connectivity index (χ0n) is 44.8. The molecular formula is C52H68N16O10S2. The molecule has 0 bridgehead atoms. The number of rotatable bonds is 32. The first-order chi connectivity index (χ1) is 38.4. The van der Waals surface area contributed by atoms with Crippen molar-refractivity contribution in [3.05, 3.63) is 107 Å². The zero-order chi connectivity index (χ0) is 57.7. The van der Waals surface area contributed by atoms with Crippen molar-refractivity contribution < 1.29 is 45.7 Å². The summed E-state index contributed by atoms with van der Waals surface area (Å²) in [7, 11) is -9.86. The Morgan fingerprint density at radius 1 is 0.463 bits per heavy atom. The lowest BCUT2D eigenvalue weighted by Crippen LogP contribution is -2.26. The largest absolute Gasteiger partial charge is 0.395 e. The van der Waals surface area contributed by atoms with Crippen LogP contribution in [0.5, 0.6) is 0 Å². The zero-order valence-corrected chi connectivity index (χ0v) is 46.4. The van der Waals surface area contributed by atoms with Gasteiger partial charge in [-0.25, -0.2) is 0 Å². The van der Waals surface area contributed by atoms with Crippen molar-refractivity contribution in [1.82, 2.24) is 50.3 Å². The second-order valence-corrected chi connectivity index (χ2v) is 20.4. The van der Waals surface area contributed by atoms with Gasteiger partial charge in [0.05, 0.1) is 13.2 Å². The van der Waals surface area contributed by atoms with Crippen molar-refractivity contribution in [3.8, 4) is 0 Å². The fraction of sp³-hybridized carbons (Fsp3) is 0.346. The minimum atomic E-state index is -4.93. The highest BCUT2D eigenvalue weighted by atomic mass is 32.2. The van der Waals surface area contributed by atoms with Gasteiger partial charge < -0.3 is 62.5 Å². The number of carbonyl (C=O) groups excluding carboxylic acids is 2. The molecule has 0 aliphatic heterocycles. The molecule has 2 aromatic heterocycles. The minimum Gasteiger partial charge on any atom is -0.395 e. The minimum absolute atomic E-state index is 0.0130. The van der Waals surface area contributed by atoms with Crippen molar-refractivity contribution >= 4 is 103 Å². The molecule has 0 atom stereocenters. The van der Waals surface area contributed by atoms with Crippen LogP contribution in [0.4, 0.5) is 58.4 Å². The predicted octanol–water partition coefficient (Wildman–Crippen LogP) is 5.43. The molecule has 28 heteroatoms.